The second-order valence-corrected chi connectivity index (χ2v) is 10.8. The largest absolute Gasteiger partial charge is 0.456 e. The average molecular weight is 437 g/mol. The van der Waals surface area contributed by atoms with Crippen molar-refractivity contribution in [3.8, 4) is 11.5 Å². The number of hydrogen-bond donors (Lipinski definition) is 0. The molecule has 1 aliphatic rings. The third-order valence-corrected chi connectivity index (χ3v) is 8.97. The predicted octanol–water partition coefficient (Wildman–Crippen LogP) is 4.44. The molecule has 4 heteroatoms. The van der Waals surface area contributed by atoms with Crippen molar-refractivity contribution in [1.82, 2.24) is 0 Å². The van der Waals surface area contributed by atoms with Gasteiger partial charge in [-0.15, -0.1) is 0 Å². The van der Waals surface area contributed by atoms with Gasteiger partial charge in [-0.1, -0.05) is 73.3 Å². The van der Waals surface area contributed by atoms with Gasteiger partial charge < -0.3 is 14.2 Å². The van der Waals surface area contributed by atoms with Gasteiger partial charge in [0.15, 0.2) is 7.14 Å². The molecule has 0 atom stereocenters. The summed E-state index contributed by atoms with van der Waals surface area (Å²) in [4.78, 5) is 2.03. The van der Waals surface area contributed by atoms with Crippen LogP contribution < -0.4 is 30.7 Å². The molecule has 3 nitrogen and oxygen atoms in total. The highest BCUT2D eigenvalue weighted by Gasteiger charge is 2.37. The SMILES string of the molecule is C=c1ccc2c(c1)Oc1cc(N(C)C)ccc1C=2P(=O)(c1ccccc1)c1ccccc1. The van der Waals surface area contributed by atoms with Crippen LogP contribution in [0.1, 0.15) is 5.56 Å². The van der Waals surface area contributed by atoms with Crippen LogP contribution in [0.3, 0.4) is 0 Å². The number of ether oxygens (including phenoxy) is 1. The highest BCUT2D eigenvalue weighted by molar-refractivity contribution is 7.87. The first-order valence-electron chi connectivity index (χ1n) is 10.5. The van der Waals surface area contributed by atoms with Crippen molar-refractivity contribution in [3.63, 3.8) is 0 Å². The van der Waals surface area contributed by atoms with Crippen LogP contribution in [0, 0.1) is 0 Å². The molecule has 1 aliphatic heterocycles. The Morgan fingerprint density at radius 2 is 1.38 bits per heavy atom. The first-order chi connectivity index (χ1) is 15.5. The van der Waals surface area contributed by atoms with E-state index in [2.05, 4.69) is 6.58 Å². The third kappa shape index (κ3) is 3.26. The van der Waals surface area contributed by atoms with Crippen molar-refractivity contribution in [3.05, 3.63) is 113 Å². The summed E-state index contributed by atoms with van der Waals surface area (Å²) in [6, 6.07) is 31.4. The van der Waals surface area contributed by atoms with Gasteiger partial charge in [-0.2, -0.15) is 0 Å². The smallest absolute Gasteiger partial charge is 0.172 e. The third-order valence-electron chi connectivity index (χ3n) is 5.81. The minimum Gasteiger partial charge on any atom is -0.456 e. The lowest BCUT2D eigenvalue weighted by Gasteiger charge is -2.29. The standard InChI is InChI=1S/C28H24NO2P/c1-20-14-16-24-26(18-20)31-27-19-21(29(2)3)15-17-25(27)28(24)32(30,22-10-6-4-7-11-22)23-12-8-5-9-13-23/h4-19H,1H2,2-3H3. The number of hydrogen-bond acceptors (Lipinski definition) is 3. The molecule has 158 valence electrons. The zero-order valence-electron chi connectivity index (χ0n) is 18.2. The van der Waals surface area contributed by atoms with Gasteiger partial charge in [-0.25, -0.2) is 0 Å². The van der Waals surface area contributed by atoms with E-state index in [-0.39, 0.29) is 0 Å². The lowest BCUT2D eigenvalue weighted by molar-refractivity contribution is 0.472. The van der Waals surface area contributed by atoms with E-state index in [1.807, 2.05) is 116 Å². The number of rotatable bonds is 4. The molecule has 0 fully saturated rings. The van der Waals surface area contributed by atoms with Gasteiger partial charge in [0.2, 0.25) is 0 Å². The Balaban J connectivity index is 1.93. The van der Waals surface area contributed by atoms with Crippen LogP contribution in [0.15, 0.2) is 97.1 Å². The molecule has 0 radical (unpaired) electrons. The molecular weight excluding hydrogens is 413 g/mol. The highest BCUT2D eigenvalue weighted by Crippen LogP contribution is 2.58. The molecule has 4 aromatic carbocycles. The van der Waals surface area contributed by atoms with Gasteiger partial charge in [0.1, 0.15) is 11.5 Å². The van der Waals surface area contributed by atoms with E-state index in [0.717, 1.165) is 37.6 Å². The van der Waals surface area contributed by atoms with Gasteiger partial charge >= 0.3 is 0 Å². The van der Waals surface area contributed by atoms with E-state index in [0.29, 0.717) is 11.5 Å². The Bertz CT molecular complexity index is 1420. The van der Waals surface area contributed by atoms with Gasteiger partial charge in [-0.05, 0) is 29.5 Å². The zero-order valence-corrected chi connectivity index (χ0v) is 19.1. The van der Waals surface area contributed by atoms with Crippen LogP contribution in [0.4, 0.5) is 5.69 Å². The molecule has 0 N–H and O–H groups in total. The number of fused-ring (bicyclic) bond motifs is 2. The summed E-state index contributed by atoms with van der Waals surface area (Å²) in [6.45, 7) is 4.07. The van der Waals surface area contributed by atoms with E-state index in [1.165, 1.54) is 0 Å². The maximum atomic E-state index is 15.3. The number of anilines is 1. The first kappa shape index (κ1) is 20.4. The molecule has 0 aliphatic carbocycles. The van der Waals surface area contributed by atoms with Crippen molar-refractivity contribution >= 4 is 35.3 Å². The second-order valence-electron chi connectivity index (χ2n) is 8.14. The molecule has 5 rings (SSSR count). The van der Waals surface area contributed by atoms with E-state index in [9.17, 15) is 0 Å². The minimum atomic E-state index is -3.22. The normalized spacial score (nSPS) is 12.5. The van der Waals surface area contributed by atoms with Crippen molar-refractivity contribution in [1.29, 1.82) is 0 Å². The maximum absolute atomic E-state index is 15.3. The molecule has 0 amide bonds. The van der Waals surface area contributed by atoms with Crippen molar-refractivity contribution in [2.45, 2.75) is 0 Å². The fourth-order valence-electron chi connectivity index (χ4n) is 4.20. The van der Waals surface area contributed by atoms with Crippen LogP contribution >= 0.6 is 7.14 Å². The molecule has 0 spiro atoms. The number of benzene rings is 4. The van der Waals surface area contributed by atoms with Crippen LogP contribution in [0.25, 0.3) is 11.9 Å². The van der Waals surface area contributed by atoms with Gasteiger partial charge in [0.05, 0.1) is 0 Å². The van der Waals surface area contributed by atoms with Crippen LogP contribution in [0.5, 0.6) is 11.5 Å². The van der Waals surface area contributed by atoms with E-state index >= 15 is 4.57 Å². The van der Waals surface area contributed by atoms with Crippen molar-refractivity contribution < 1.29 is 9.30 Å². The summed E-state index contributed by atoms with van der Waals surface area (Å²) in [6.07, 6.45) is 0. The molecule has 0 unspecified atom stereocenters. The van der Waals surface area contributed by atoms with E-state index in [1.54, 1.807) is 0 Å². The van der Waals surface area contributed by atoms with Crippen LogP contribution in [0.2, 0.25) is 0 Å². The van der Waals surface area contributed by atoms with Gasteiger partial charge in [-0.3, -0.25) is 0 Å². The van der Waals surface area contributed by atoms with Gasteiger partial charge in [0, 0.05) is 52.6 Å². The Kier molecular flexibility index (Phi) is 5.00. The summed E-state index contributed by atoms with van der Waals surface area (Å²) >= 11 is 0. The monoisotopic (exact) mass is 437 g/mol. The average Bonchev–Trinajstić information content (AvgIpc) is 2.82. The maximum Gasteiger partial charge on any atom is 0.172 e. The fourth-order valence-corrected chi connectivity index (χ4v) is 7.25. The summed E-state index contributed by atoms with van der Waals surface area (Å²) in [5.74, 6) is 1.39. The minimum absolute atomic E-state index is 0.683. The molecule has 0 saturated carbocycles. The molecule has 0 saturated heterocycles. The lowest BCUT2D eigenvalue weighted by atomic mass is 10.1. The Morgan fingerprint density at radius 1 is 0.750 bits per heavy atom. The van der Waals surface area contributed by atoms with Crippen molar-refractivity contribution in [2.75, 3.05) is 19.0 Å². The van der Waals surface area contributed by atoms with Crippen molar-refractivity contribution in [2.24, 2.45) is 0 Å². The molecular formula is C28H24NO2P. The van der Waals surface area contributed by atoms with Crippen LogP contribution in [-0.4, -0.2) is 14.1 Å². The zero-order chi connectivity index (χ0) is 22.3. The summed E-state index contributed by atoms with van der Waals surface area (Å²) in [5, 5.41) is 4.10. The second kappa shape index (κ2) is 7.85. The lowest BCUT2D eigenvalue weighted by Crippen LogP contribution is -2.25. The summed E-state index contributed by atoms with van der Waals surface area (Å²) in [7, 11) is 0.777. The Labute approximate surface area is 188 Å². The molecule has 0 bridgehead atoms. The van der Waals surface area contributed by atoms with E-state index < -0.39 is 7.14 Å². The Hall–Kier alpha value is -3.55. The summed E-state index contributed by atoms with van der Waals surface area (Å²) in [5.41, 5.74) is 1.88. The molecule has 1 heterocycles. The topological polar surface area (TPSA) is 29.5 Å². The molecule has 4 aromatic rings. The predicted molar refractivity (Wildman–Crippen MR) is 134 cm³/mol. The first-order valence-corrected chi connectivity index (χ1v) is 12.2. The molecule has 0 aromatic heterocycles. The summed E-state index contributed by atoms with van der Waals surface area (Å²) < 4.78 is 21.6. The Morgan fingerprint density at radius 3 is 1.97 bits per heavy atom. The van der Waals surface area contributed by atoms with Gasteiger partial charge in [0.25, 0.3) is 0 Å². The quantitative estimate of drug-likeness (QED) is 0.442. The highest BCUT2D eigenvalue weighted by atomic mass is 31.2. The molecule has 32 heavy (non-hydrogen) atoms. The van der Waals surface area contributed by atoms with Crippen LogP contribution in [-0.2, 0) is 4.57 Å². The fraction of sp³-hybridized carbons (Fsp3) is 0.0714. The number of nitrogens with zero attached hydrogens (tertiary/aromatic N) is 1. The van der Waals surface area contributed by atoms with E-state index in [4.69, 9.17) is 4.74 Å².